The number of carbonyl (C=O) groups is 2. The third-order valence-electron chi connectivity index (χ3n) is 5.63. The lowest BCUT2D eigenvalue weighted by atomic mass is 10.1. The molecule has 0 saturated carbocycles. The second-order valence-corrected chi connectivity index (χ2v) is 10.6. The highest BCUT2D eigenvalue weighted by molar-refractivity contribution is 7.47. The van der Waals surface area contributed by atoms with Gasteiger partial charge in [0.25, 0.3) is 0 Å². The van der Waals surface area contributed by atoms with Gasteiger partial charge in [-0.3, -0.25) is 18.6 Å². The Morgan fingerprint density at radius 3 is 2.33 bits per heavy atom. The molecule has 0 spiro atoms. The first-order chi connectivity index (χ1) is 19.2. The molecule has 2 aromatic rings. The number of esters is 1. The second kappa shape index (κ2) is 18.4. The number of carbonyl (C=O) groups excluding carboxylic acids is 1. The van der Waals surface area contributed by atoms with E-state index in [1.165, 1.54) is 19.3 Å². The Morgan fingerprint density at radius 1 is 0.900 bits per heavy atom. The maximum Gasteiger partial charge on any atom is 0.472 e. The first kappa shape index (κ1) is 33.3. The van der Waals surface area contributed by atoms with E-state index in [-0.39, 0.29) is 26.1 Å². The van der Waals surface area contributed by atoms with E-state index in [9.17, 15) is 19.0 Å². The molecule has 4 N–H and O–H groups in total. The predicted octanol–water partition coefficient (Wildman–Crippen LogP) is 4.64. The molecule has 0 aromatic heterocycles. The molecule has 2 atom stereocenters. The number of aliphatic carboxylic acids is 1. The number of nitrogens with two attached hydrogens (primary N) is 1. The van der Waals surface area contributed by atoms with Gasteiger partial charge >= 0.3 is 19.8 Å². The molecule has 12 heteroatoms. The molecular weight excluding hydrogens is 541 g/mol. The van der Waals surface area contributed by atoms with Crippen molar-refractivity contribution in [2.75, 3.05) is 26.4 Å². The topological polar surface area (TPSA) is 164 Å². The number of carboxylic acids is 1. The van der Waals surface area contributed by atoms with Gasteiger partial charge in [0.15, 0.2) is 0 Å². The molecule has 11 nitrogen and oxygen atoms in total. The van der Waals surface area contributed by atoms with Crippen molar-refractivity contribution in [1.29, 1.82) is 0 Å². The van der Waals surface area contributed by atoms with Crippen molar-refractivity contribution < 1.29 is 47.4 Å². The summed E-state index contributed by atoms with van der Waals surface area (Å²) < 4.78 is 37.8. The quantitative estimate of drug-likeness (QED) is 0.107. The molecule has 0 saturated heterocycles. The molecule has 2 aromatic carbocycles. The van der Waals surface area contributed by atoms with Crippen molar-refractivity contribution in [1.82, 2.24) is 0 Å². The Labute approximate surface area is 235 Å². The Morgan fingerprint density at radius 2 is 1.60 bits per heavy atom. The van der Waals surface area contributed by atoms with Gasteiger partial charge in [0.05, 0.1) is 26.4 Å². The zero-order valence-corrected chi connectivity index (χ0v) is 23.8. The normalized spacial score (nSPS) is 13.3. The third kappa shape index (κ3) is 14.4. The molecule has 0 heterocycles. The van der Waals surface area contributed by atoms with Gasteiger partial charge in [0.1, 0.15) is 24.1 Å². The molecule has 222 valence electrons. The van der Waals surface area contributed by atoms with Crippen LogP contribution in [0.15, 0.2) is 48.5 Å². The number of phosphoric acid groups is 1. The van der Waals surface area contributed by atoms with Crippen LogP contribution in [0.4, 0.5) is 0 Å². The molecule has 0 aliphatic carbocycles. The number of benzene rings is 2. The molecule has 2 rings (SSSR count). The average molecular weight is 582 g/mol. The summed E-state index contributed by atoms with van der Waals surface area (Å²) in [6, 6.07) is 13.9. The van der Waals surface area contributed by atoms with E-state index in [4.69, 9.17) is 29.6 Å². The van der Waals surface area contributed by atoms with Gasteiger partial charge in [0, 0.05) is 12.8 Å². The van der Waals surface area contributed by atoms with Crippen molar-refractivity contribution in [3.63, 3.8) is 0 Å². The van der Waals surface area contributed by atoms with E-state index < -0.39 is 32.4 Å². The molecule has 0 fully saturated rings. The summed E-state index contributed by atoms with van der Waals surface area (Å²) in [5, 5.41) is 8.65. The summed E-state index contributed by atoms with van der Waals surface area (Å²) in [4.78, 5) is 32.2. The number of hydrogen-bond acceptors (Lipinski definition) is 9. The summed E-state index contributed by atoms with van der Waals surface area (Å²) in [5.41, 5.74) is 7.11. The highest BCUT2D eigenvalue weighted by atomic mass is 31.2. The lowest BCUT2D eigenvalue weighted by Crippen LogP contribution is -2.34. The summed E-state index contributed by atoms with van der Waals surface area (Å²) >= 11 is 0. The largest absolute Gasteiger partial charge is 0.494 e. The van der Waals surface area contributed by atoms with Gasteiger partial charge in [-0.2, -0.15) is 0 Å². The van der Waals surface area contributed by atoms with E-state index in [2.05, 4.69) is 11.4 Å². The van der Waals surface area contributed by atoms with Gasteiger partial charge in [-0.1, -0.05) is 50.5 Å². The van der Waals surface area contributed by atoms with Crippen LogP contribution in [0, 0.1) is 0 Å². The molecule has 1 unspecified atom stereocenters. The van der Waals surface area contributed by atoms with Crippen molar-refractivity contribution in [3.8, 4) is 11.5 Å². The van der Waals surface area contributed by atoms with Gasteiger partial charge in [-0.05, 0) is 48.2 Å². The monoisotopic (exact) mass is 581 g/mol. The van der Waals surface area contributed by atoms with Gasteiger partial charge in [0.2, 0.25) is 0 Å². The van der Waals surface area contributed by atoms with Gasteiger partial charge in [-0.25, -0.2) is 4.57 Å². The Bertz CT molecular complexity index is 1100. The SMILES string of the molecule is CCCCCCOc1cccc(COc2cccc(CCC(=O)OCCCOP(=O)(O)OC[C@H](N)C(=O)O)c2)c1. The predicted molar refractivity (Wildman–Crippen MR) is 148 cm³/mol. The molecule has 0 aliphatic heterocycles. The molecule has 0 amide bonds. The highest BCUT2D eigenvalue weighted by Gasteiger charge is 2.24. The standard InChI is InChI=1S/C28H40NO10P/c1-2-3-4-5-15-35-24-11-7-10-23(19-24)20-37-25-12-6-9-22(18-25)13-14-27(30)36-16-8-17-38-40(33,34)39-21-26(29)28(31)32/h6-7,9-12,18-19,26H,2-5,8,13-17,20-21,29H2,1H3,(H,31,32)(H,33,34)/t26-/m0/s1. The van der Waals surface area contributed by atoms with Crippen LogP contribution in [0.1, 0.15) is 56.6 Å². The van der Waals surface area contributed by atoms with Crippen LogP contribution in [0.2, 0.25) is 0 Å². The van der Waals surface area contributed by atoms with E-state index >= 15 is 0 Å². The molecular formula is C28H40NO10P. The zero-order chi connectivity index (χ0) is 29.2. The van der Waals surface area contributed by atoms with E-state index in [1.54, 1.807) is 0 Å². The smallest absolute Gasteiger partial charge is 0.472 e. The number of rotatable bonds is 21. The van der Waals surface area contributed by atoms with Crippen LogP contribution in [-0.2, 0) is 41.0 Å². The summed E-state index contributed by atoms with van der Waals surface area (Å²) in [6.07, 6.45) is 5.38. The van der Waals surface area contributed by atoms with E-state index in [0.717, 1.165) is 23.3 Å². The molecule has 0 aliphatic rings. The minimum absolute atomic E-state index is 0.0157. The number of carboxylic acid groups (broad SMARTS) is 1. The number of ether oxygens (including phenoxy) is 3. The van der Waals surface area contributed by atoms with E-state index in [0.29, 0.717) is 25.4 Å². The fourth-order valence-corrected chi connectivity index (χ4v) is 4.21. The highest BCUT2D eigenvalue weighted by Crippen LogP contribution is 2.43. The maximum absolute atomic E-state index is 12.1. The number of phosphoric ester groups is 1. The minimum atomic E-state index is -4.45. The number of aryl methyl sites for hydroxylation is 1. The van der Waals surface area contributed by atoms with E-state index in [1.807, 2.05) is 48.5 Å². The van der Waals surface area contributed by atoms with Crippen LogP contribution < -0.4 is 15.2 Å². The summed E-state index contributed by atoms with van der Waals surface area (Å²) in [7, 11) is -4.45. The lowest BCUT2D eigenvalue weighted by Gasteiger charge is -2.13. The van der Waals surface area contributed by atoms with Crippen LogP contribution in [-0.4, -0.2) is 54.4 Å². The zero-order valence-electron chi connectivity index (χ0n) is 22.9. The first-order valence-electron chi connectivity index (χ1n) is 13.4. The second-order valence-electron chi connectivity index (χ2n) is 9.11. The number of unbranched alkanes of at least 4 members (excludes halogenated alkanes) is 3. The minimum Gasteiger partial charge on any atom is -0.494 e. The van der Waals surface area contributed by atoms with Crippen LogP contribution in [0.3, 0.4) is 0 Å². The lowest BCUT2D eigenvalue weighted by molar-refractivity contribution is -0.143. The van der Waals surface area contributed by atoms with Crippen molar-refractivity contribution in [2.45, 2.75) is 64.5 Å². The average Bonchev–Trinajstić information content (AvgIpc) is 2.94. The fourth-order valence-electron chi connectivity index (χ4n) is 3.43. The number of hydrogen-bond donors (Lipinski definition) is 3. The molecule has 0 bridgehead atoms. The van der Waals surface area contributed by atoms with Crippen molar-refractivity contribution >= 4 is 19.8 Å². The molecule has 0 radical (unpaired) electrons. The Balaban J connectivity index is 1.65. The van der Waals surface area contributed by atoms with Crippen LogP contribution in [0.5, 0.6) is 11.5 Å². The molecule has 40 heavy (non-hydrogen) atoms. The third-order valence-corrected chi connectivity index (χ3v) is 6.61. The van der Waals surface area contributed by atoms with Crippen LogP contribution in [0.25, 0.3) is 0 Å². The Hall–Kier alpha value is -2.95. The van der Waals surface area contributed by atoms with Crippen LogP contribution >= 0.6 is 7.82 Å². The van der Waals surface area contributed by atoms with Crippen molar-refractivity contribution in [2.24, 2.45) is 5.73 Å². The maximum atomic E-state index is 12.1. The van der Waals surface area contributed by atoms with Gasteiger partial charge in [-0.15, -0.1) is 0 Å². The van der Waals surface area contributed by atoms with Gasteiger partial charge < -0.3 is 29.9 Å². The first-order valence-corrected chi connectivity index (χ1v) is 14.9. The van der Waals surface area contributed by atoms with Crippen molar-refractivity contribution in [3.05, 3.63) is 59.7 Å². The summed E-state index contributed by atoms with van der Waals surface area (Å²) in [6.45, 7) is 2.36. The Kier molecular flexibility index (Phi) is 15.3. The summed E-state index contributed by atoms with van der Waals surface area (Å²) in [5.74, 6) is -0.274. The fraction of sp³-hybridized carbons (Fsp3) is 0.500.